The van der Waals surface area contributed by atoms with Crippen molar-refractivity contribution in [3.63, 3.8) is 0 Å². The van der Waals surface area contributed by atoms with E-state index in [2.05, 4.69) is 4.98 Å². The van der Waals surface area contributed by atoms with Crippen molar-refractivity contribution in [2.24, 2.45) is 5.41 Å². The number of carbonyl (C=O) groups excluding carboxylic acids is 1. The van der Waals surface area contributed by atoms with Crippen LogP contribution in [0.2, 0.25) is 0 Å². The van der Waals surface area contributed by atoms with Crippen LogP contribution in [-0.4, -0.2) is 44.6 Å². The molecule has 1 aliphatic rings. The number of aliphatic hydroxyl groups is 2. The number of aldehydes is 1. The minimum absolute atomic E-state index is 0.0497. The van der Waals surface area contributed by atoms with Gasteiger partial charge in [-0.15, -0.1) is 0 Å². The second-order valence-electron chi connectivity index (χ2n) is 4.84. The lowest BCUT2D eigenvalue weighted by atomic mass is 9.83. The monoisotopic (exact) mass is 287 g/mol. The van der Waals surface area contributed by atoms with E-state index in [0.717, 1.165) is 4.57 Å². The molecule has 4 N–H and O–H groups in total. The summed E-state index contributed by atoms with van der Waals surface area (Å²) in [6.45, 7) is 0.0559. The lowest BCUT2D eigenvalue weighted by molar-refractivity contribution is -0.207. The number of aromatic nitrogens is 2. The number of ether oxygens (including phenoxy) is 1. The van der Waals surface area contributed by atoms with Crippen molar-refractivity contribution < 1.29 is 24.1 Å². The lowest BCUT2D eigenvalue weighted by Crippen LogP contribution is -2.46. The highest BCUT2D eigenvalue weighted by atomic mass is 19.2. The van der Waals surface area contributed by atoms with Crippen LogP contribution in [-0.2, 0) is 9.53 Å². The molecule has 0 amide bonds. The molecular weight excluding hydrogens is 273 g/mol. The van der Waals surface area contributed by atoms with Crippen LogP contribution in [0.3, 0.4) is 0 Å². The van der Waals surface area contributed by atoms with Crippen LogP contribution in [0.25, 0.3) is 0 Å². The molecule has 0 saturated carbocycles. The topological polar surface area (TPSA) is 128 Å². The van der Waals surface area contributed by atoms with Crippen LogP contribution in [0.1, 0.15) is 13.2 Å². The molecule has 1 aromatic heterocycles. The van der Waals surface area contributed by atoms with Gasteiger partial charge in [0.05, 0.1) is 0 Å². The van der Waals surface area contributed by atoms with E-state index in [-0.39, 0.29) is 12.1 Å². The largest absolute Gasteiger partial charge is 0.390 e. The smallest absolute Gasteiger partial charge is 0.351 e. The number of alkyl halides is 1. The van der Waals surface area contributed by atoms with Crippen molar-refractivity contribution in [2.45, 2.75) is 25.1 Å². The Balaban J connectivity index is 2.55. The molecule has 1 saturated heterocycles. The van der Waals surface area contributed by atoms with E-state index in [1.807, 2.05) is 0 Å². The molecule has 4 atom stereocenters. The van der Waals surface area contributed by atoms with Crippen LogP contribution in [0, 0.1) is 5.41 Å². The normalized spacial score (nSPS) is 37.0. The Labute approximate surface area is 112 Å². The highest BCUT2D eigenvalue weighted by Crippen LogP contribution is 2.49. The Hall–Kier alpha value is -1.84. The Morgan fingerprint density at radius 3 is 2.85 bits per heavy atom. The first kappa shape index (κ1) is 14.6. The zero-order chi connectivity index (χ0) is 15.1. The predicted octanol–water partition coefficient (Wildman–Crippen LogP) is -1.42. The van der Waals surface area contributed by atoms with Gasteiger partial charge >= 0.3 is 5.69 Å². The van der Waals surface area contributed by atoms with Crippen LogP contribution < -0.4 is 11.4 Å². The molecule has 1 fully saturated rings. The van der Waals surface area contributed by atoms with Crippen molar-refractivity contribution in [1.29, 1.82) is 0 Å². The van der Waals surface area contributed by atoms with Gasteiger partial charge in [-0.25, -0.2) is 9.18 Å². The number of halogens is 1. The SMILES string of the molecule is C[C@]1(C=O)[C@H](n2ccc(N)nc2=O)O[C@](F)(CO)[C@H]1O. The molecule has 9 heteroatoms. The molecule has 2 rings (SSSR count). The Kier molecular flexibility index (Phi) is 3.36. The Morgan fingerprint density at radius 1 is 1.70 bits per heavy atom. The van der Waals surface area contributed by atoms with Gasteiger partial charge in [0, 0.05) is 6.20 Å². The molecule has 0 unspecified atom stereocenters. The highest BCUT2D eigenvalue weighted by Gasteiger charge is 2.63. The van der Waals surface area contributed by atoms with Crippen molar-refractivity contribution in [3.8, 4) is 0 Å². The number of anilines is 1. The minimum Gasteiger partial charge on any atom is -0.390 e. The second kappa shape index (κ2) is 4.62. The van der Waals surface area contributed by atoms with Crippen molar-refractivity contribution in [3.05, 3.63) is 22.7 Å². The third-order valence-corrected chi connectivity index (χ3v) is 3.41. The fraction of sp³-hybridized carbons (Fsp3) is 0.545. The summed E-state index contributed by atoms with van der Waals surface area (Å²) in [4.78, 5) is 26.4. The van der Waals surface area contributed by atoms with Gasteiger partial charge in [-0.2, -0.15) is 4.98 Å². The predicted molar refractivity (Wildman–Crippen MR) is 64.1 cm³/mol. The second-order valence-corrected chi connectivity index (χ2v) is 4.84. The van der Waals surface area contributed by atoms with E-state index in [1.54, 1.807) is 0 Å². The molecule has 1 aromatic rings. The highest BCUT2D eigenvalue weighted by molar-refractivity contribution is 5.61. The maximum absolute atomic E-state index is 14.2. The summed E-state index contributed by atoms with van der Waals surface area (Å²) in [6, 6.07) is 1.26. The number of aliphatic hydroxyl groups excluding tert-OH is 2. The summed E-state index contributed by atoms with van der Waals surface area (Å²) in [5, 5.41) is 18.9. The summed E-state index contributed by atoms with van der Waals surface area (Å²) in [5.41, 5.74) is 2.71. The third kappa shape index (κ3) is 1.90. The lowest BCUT2D eigenvalue weighted by Gasteiger charge is -2.27. The molecule has 20 heavy (non-hydrogen) atoms. The van der Waals surface area contributed by atoms with Crippen LogP contribution in [0.5, 0.6) is 0 Å². The number of rotatable bonds is 3. The van der Waals surface area contributed by atoms with Gasteiger partial charge in [-0.1, -0.05) is 0 Å². The molecule has 0 bridgehead atoms. The van der Waals surface area contributed by atoms with Crippen LogP contribution in [0.15, 0.2) is 17.1 Å². The maximum Gasteiger partial charge on any atom is 0.351 e. The van der Waals surface area contributed by atoms with Gasteiger partial charge < -0.3 is 25.5 Å². The van der Waals surface area contributed by atoms with Gasteiger partial charge in [0.25, 0.3) is 5.85 Å². The van der Waals surface area contributed by atoms with Gasteiger partial charge in [-0.05, 0) is 13.0 Å². The maximum atomic E-state index is 14.2. The Bertz CT molecular complexity index is 594. The van der Waals surface area contributed by atoms with E-state index in [4.69, 9.17) is 15.6 Å². The molecule has 1 aliphatic heterocycles. The van der Waals surface area contributed by atoms with E-state index in [9.17, 15) is 19.1 Å². The van der Waals surface area contributed by atoms with Crippen LogP contribution in [0.4, 0.5) is 10.2 Å². The van der Waals surface area contributed by atoms with Gasteiger partial charge in [0.1, 0.15) is 30.2 Å². The fourth-order valence-corrected chi connectivity index (χ4v) is 2.18. The average molecular weight is 287 g/mol. The average Bonchev–Trinajstić information content (AvgIpc) is 2.62. The molecule has 2 heterocycles. The zero-order valence-electron chi connectivity index (χ0n) is 10.6. The number of carbonyl (C=O) groups is 1. The van der Waals surface area contributed by atoms with Gasteiger partial charge in [0.2, 0.25) is 0 Å². The summed E-state index contributed by atoms with van der Waals surface area (Å²) in [6.07, 6.45) is -1.94. The number of nitrogens with two attached hydrogens (primary N) is 1. The molecule has 110 valence electrons. The Morgan fingerprint density at radius 2 is 2.35 bits per heavy atom. The van der Waals surface area contributed by atoms with E-state index < -0.39 is 35.9 Å². The first-order chi connectivity index (χ1) is 9.28. The quantitative estimate of drug-likeness (QED) is 0.582. The molecule has 0 radical (unpaired) electrons. The number of hydrogen-bond acceptors (Lipinski definition) is 7. The van der Waals surface area contributed by atoms with E-state index >= 15 is 0 Å². The van der Waals surface area contributed by atoms with Gasteiger partial charge in [0.15, 0.2) is 6.23 Å². The number of nitrogen functional groups attached to an aromatic ring is 1. The summed E-state index contributed by atoms with van der Waals surface area (Å²) in [7, 11) is 0. The molecule has 0 spiro atoms. The van der Waals surface area contributed by atoms with Crippen molar-refractivity contribution >= 4 is 12.1 Å². The van der Waals surface area contributed by atoms with Crippen LogP contribution >= 0.6 is 0 Å². The van der Waals surface area contributed by atoms with Crippen molar-refractivity contribution in [2.75, 3.05) is 12.3 Å². The molecule has 0 aromatic carbocycles. The third-order valence-electron chi connectivity index (χ3n) is 3.41. The summed E-state index contributed by atoms with van der Waals surface area (Å²) in [5.74, 6) is -2.90. The zero-order valence-corrected chi connectivity index (χ0v) is 10.6. The summed E-state index contributed by atoms with van der Waals surface area (Å²) < 4.78 is 20.0. The fourth-order valence-electron chi connectivity index (χ4n) is 2.18. The van der Waals surface area contributed by atoms with Crippen molar-refractivity contribution in [1.82, 2.24) is 9.55 Å². The minimum atomic E-state index is -2.85. The first-order valence-corrected chi connectivity index (χ1v) is 5.75. The summed E-state index contributed by atoms with van der Waals surface area (Å²) >= 11 is 0. The molecular formula is C11H14FN3O5. The first-order valence-electron chi connectivity index (χ1n) is 5.75. The standard InChI is InChI=1S/C11H14FN3O5/c1-10(4-16)7(18)11(12,5-17)20-8(10)15-3-2-6(13)14-9(15)19/h2-4,7-8,17-18H,5H2,1H3,(H2,13,14,19)/t7-,8+,10+,11+/m0/s1. The molecule has 0 aliphatic carbocycles. The number of hydrogen-bond donors (Lipinski definition) is 3. The van der Waals surface area contributed by atoms with Gasteiger partial charge in [-0.3, -0.25) is 4.57 Å². The van der Waals surface area contributed by atoms with E-state index in [0.29, 0.717) is 0 Å². The van der Waals surface area contributed by atoms with E-state index in [1.165, 1.54) is 19.2 Å². The number of nitrogens with zero attached hydrogens (tertiary/aromatic N) is 2. The molecule has 8 nitrogen and oxygen atoms in total.